The highest BCUT2D eigenvalue weighted by atomic mass is 35.5. The van der Waals surface area contributed by atoms with Crippen molar-refractivity contribution in [1.82, 2.24) is 14.5 Å². The highest BCUT2D eigenvalue weighted by Gasteiger charge is 2.21. The number of carbonyl (C=O) groups is 1. The lowest BCUT2D eigenvalue weighted by Gasteiger charge is -2.30. The van der Waals surface area contributed by atoms with Gasteiger partial charge in [0.05, 0.1) is 17.2 Å². The Bertz CT molecular complexity index is 790. The van der Waals surface area contributed by atoms with Gasteiger partial charge < -0.3 is 10.6 Å². The fraction of sp³-hybridized carbons (Fsp3) is 0.471. The van der Waals surface area contributed by atoms with Crippen LogP contribution in [0.4, 0.5) is 0 Å². The third-order valence-electron chi connectivity index (χ3n) is 4.43. The van der Waals surface area contributed by atoms with Crippen LogP contribution in [0.2, 0.25) is 0 Å². The van der Waals surface area contributed by atoms with Gasteiger partial charge in [0.2, 0.25) is 5.91 Å². The summed E-state index contributed by atoms with van der Waals surface area (Å²) >= 11 is 0. The minimum atomic E-state index is -0.0955. The normalized spacial score (nSPS) is 17.6. The predicted molar refractivity (Wildman–Crippen MR) is 96.4 cm³/mol. The second-order valence-electron chi connectivity index (χ2n) is 6.21. The van der Waals surface area contributed by atoms with E-state index in [2.05, 4.69) is 4.98 Å². The van der Waals surface area contributed by atoms with Crippen LogP contribution in [0, 0.1) is 6.92 Å². The van der Waals surface area contributed by atoms with Gasteiger partial charge >= 0.3 is 0 Å². The quantitative estimate of drug-likeness (QED) is 0.908. The minimum Gasteiger partial charge on any atom is -0.341 e. The Balaban J connectivity index is 0.00000208. The first-order chi connectivity index (χ1) is 11.1. The molecule has 130 valence electrons. The Hall–Kier alpha value is -1.92. The lowest BCUT2D eigenvalue weighted by Crippen LogP contribution is -2.46. The van der Waals surface area contributed by atoms with Gasteiger partial charge in [0.25, 0.3) is 5.56 Å². The largest absolute Gasteiger partial charge is 0.341 e. The number of piperidine rings is 1. The molecule has 2 N–H and O–H groups in total. The fourth-order valence-electron chi connectivity index (χ4n) is 3.11. The fourth-order valence-corrected chi connectivity index (χ4v) is 3.11. The molecule has 1 aromatic heterocycles. The van der Waals surface area contributed by atoms with Crippen molar-refractivity contribution >= 4 is 29.2 Å². The number of carbonyl (C=O) groups excluding carboxylic acids is 1. The third-order valence-corrected chi connectivity index (χ3v) is 4.43. The van der Waals surface area contributed by atoms with Gasteiger partial charge in [-0.15, -0.1) is 12.4 Å². The second-order valence-corrected chi connectivity index (χ2v) is 6.21. The van der Waals surface area contributed by atoms with Crippen LogP contribution in [0.15, 0.2) is 29.3 Å². The summed E-state index contributed by atoms with van der Waals surface area (Å²) in [4.78, 5) is 30.9. The lowest BCUT2D eigenvalue weighted by atomic mass is 10.1. The second kappa shape index (κ2) is 7.77. The molecule has 1 saturated heterocycles. The smallest absolute Gasteiger partial charge is 0.261 e. The SMILES string of the molecule is Cc1cccc2c(=O)n(CCC(=O)N3CCCC(N)C3)cnc12.Cl. The first-order valence-corrected chi connectivity index (χ1v) is 8.04. The van der Waals surface area contributed by atoms with Gasteiger partial charge in [-0.3, -0.25) is 14.2 Å². The average Bonchev–Trinajstić information content (AvgIpc) is 2.55. The predicted octanol–water partition coefficient (Wildman–Crippen LogP) is 1.47. The molecule has 2 heterocycles. The van der Waals surface area contributed by atoms with E-state index in [1.165, 1.54) is 10.9 Å². The van der Waals surface area contributed by atoms with Gasteiger partial charge in [0, 0.05) is 32.1 Å². The maximum atomic E-state index is 12.5. The Labute approximate surface area is 147 Å². The first-order valence-electron chi connectivity index (χ1n) is 8.04. The lowest BCUT2D eigenvalue weighted by molar-refractivity contribution is -0.132. The number of hydrogen-bond acceptors (Lipinski definition) is 4. The number of halogens is 1. The summed E-state index contributed by atoms with van der Waals surface area (Å²) in [6, 6.07) is 5.63. The van der Waals surface area contributed by atoms with Crippen molar-refractivity contribution in [2.24, 2.45) is 5.73 Å². The molecule has 1 unspecified atom stereocenters. The maximum Gasteiger partial charge on any atom is 0.261 e. The number of rotatable bonds is 3. The highest BCUT2D eigenvalue weighted by molar-refractivity contribution is 5.85. The molecule has 0 bridgehead atoms. The number of nitrogens with two attached hydrogens (primary N) is 1. The van der Waals surface area contributed by atoms with E-state index in [-0.39, 0.29) is 29.9 Å². The molecule has 0 radical (unpaired) electrons. The van der Waals surface area contributed by atoms with Gasteiger partial charge in [0.1, 0.15) is 0 Å². The molecule has 0 aliphatic carbocycles. The van der Waals surface area contributed by atoms with Crippen molar-refractivity contribution in [2.75, 3.05) is 13.1 Å². The van der Waals surface area contributed by atoms with E-state index >= 15 is 0 Å². The molecule has 1 amide bonds. The van der Waals surface area contributed by atoms with E-state index < -0.39 is 0 Å². The number of para-hydroxylation sites is 1. The van der Waals surface area contributed by atoms with E-state index in [9.17, 15) is 9.59 Å². The zero-order chi connectivity index (χ0) is 16.4. The summed E-state index contributed by atoms with van der Waals surface area (Å²) in [5.74, 6) is 0.0522. The standard InChI is InChI=1S/C17H22N4O2.ClH/c1-12-4-2-6-14-16(12)19-11-21(17(14)23)9-7-15(22)20-8-3-5-13(18)10-20;/h2,4,6,11,13H,3,5,7-10,18H2,1H3;1H. The van der Waals surface area contributed by atoms with Gasteiger partial charge in [-0.05, 0) is 31.4 Å². The monoisotopic (exact) mass is 350 g/mol. The Morgan fingerprint density at radius 2 is 2.21 bits per heavy atom. The molecule has 1 atom stereocenters. The number of likely N-dealkylation sites (tertiary alicyclic amines) is 1. The summed E-state index contributed by atoms with van der Waals surface area (Å²) in [6.07, 6.45) is 3.75. The van der Waals surface area contributed by atoms with Crippen LogP contribution in [0.3, 0.4) is 0 Å². The number of aromatic nitrogens is 2. The molecule has 3 rings (SSSR count). The molecule has 1 aromatic carbocycles. The Morgan fingerprint density at radius 3 is 2.96 bits per heavy atom. The molecule has 6 nitrogen and oxygen atoms in total. The van der Waals surface area contributed by atoms with Crippen molar-refractivity contribution in [1.29, 1.82) is 0 Å². The molecule has 0 saturated carbocycles. The maximum absolute atomic E-state index is 12.5. The van der Waals surface area contributed by atoms with E-state index in [0.717, 1.165) is 30.5 Å². The number of fused-ring (bicyclic) bond motifs is 1. The summed E-state index contributed by atoms with van der Waals surface area (Å²) < 4.78 is 1.52. The number of hydrogen-bond donors (Lipinski definition) is 1. The zero-order valence-electron chi connectivity index (χ0n) is 13.8. The number of benzene rings is 1. The summed E-state index contributed by atoms with van der Waals surface area (Å²) in [5.41, 5.74) is 7.52. The van der Waals surface area contributed by atoms with Gasteiger partial charge in [-0.1, -0.05) is 12.1 Å². The van der Waals surface area contributed by atoms with Crippen LogP contribution in [-0.2, 0) is 11.3 Å². The van der Waals surface area contributed by atoms with Crippen molar-refractivity contribution < 1.29 is 4.79 Å². The Morgan fingerprint density at radius 1 is 1.42 bits per heavy atom. The molecule has 1 aliphatic heterocycles. The topological polar surface area (TPSA) is 81.2 Å². The van der Waals surface area contributed by atoms with Crippen LogP contribution in [-0.4, -0.2) is 39.5 Å². The van der Waals surface area contributed by atoms with Gasteiger partial charge in [-0.2, -0.15) is 0 Å². The summed E-state index contributed by atoms with van der Waals surface area (Å²) in [5, 5.41) is 0.597. The summed E-state index contributed by atoms with van der Waals surface area (Å²) in [6.45, 7) is 3.65. The third kappa shape index (κ3) is 3.76. The highest BCUT2D eigenvalue weighted by Crippen LogP contribution is 2.12. The van der Waals surface area contributed by atoms with Crippen LogP contribution >= 0.6 is 12.4 Å². The molecule has 1 fully saturated rings. The molecule has 2 aromatic rings. The first kappa shape index (κ1) is 18.4. The van der Waals surface area contributed by atoms with Crippen LogP contribution in [0.25, 0.3) is 10.9 Å². The van der Waals surface area contributed by atoms with Crippen LogP contribution in [0.1, 0.15) is 24.8 Å². The van der Waals surface area contributed by atoms with E-state index in [4.69, 9.17) is 5.73 Å². The van der Waals surface area contributed by atoms with Gasteiger partial charge in [0.15, 0.2) is 0 Å². The van der Waals surface area contributed by atoms with Crippen molar-refractivity contribution in [3.05, 3.63) is 40.4 Å². The number of amides is 1. The van der Waals surface area contributed by atoms with Crippen LogP contribution in [0.5, 0.6) is 0 Å². The molecule has 7 heteroatoms. The van der Waals surface area contributed by atoms with E-state index in [0.29, 0.717) is 24.9 Å². The average molecular weight is 351 g/mol. The van der Waals surface area contributed by atoms with Crippen molar-refractivity contribution in [3.63, 3.8) is 0 Å². The minimum absolute atomic E-state index is 0. The number of nitrogens with zero attached hydrogens (tertiary/aromatic N) is 3. The summed E-state index contributed by atoms with van der Waals surface area (Å²) in [7, 11) is 0. The molecule has 0 spiro atoms. The van der Waals surface area contributed by atoms with E-state index in [1.807, 2.05) is 19.1 Å². The van der Waals surface area contributed by atoms with Crippen molar-refractivity contribution in [2.45, 2.75) is 38.8 Å². The molecule has 24 heavy (non-hydrogen) atoms. The Kier molecular flexibility index (Phi) is 5.96. The zero-order valence-corrected chi connectivity index (χ0v) is 14.6. The van der Waals surface area contributed by atoms with E-state index in [1.54, 1.807) is 11.0 Å². The molecule has 1 aliphatic rings. The molecular formula is C17H23ClN4O2. The van der Waals surface area contributed by atoms with Crippen LogP contribution < -0.4 is 11.3 Å². The number of aryl methyl sites for hydroxylation is 2. The molecular weight excluding hydrogens is 328 g/mol. The van der Waals surface area contributed by atoms with Crippen molar-refractivity contribution in [3.8, 4) is 0 Å². The van der Waals surface area contributed by atoms with Gasteiger partial charge in [-0.25, -0.2) is 4.98 Å².